The van der Waals surface area contributed by atoms with Crippen molar-refractivity contribution in [3.8, 4) is 29.0 Å². The van der Waals surface area contributed by atoms with Gasteiger partial charge in [-0.3, -0.25) is 14.2 Å². The van der Waals surface area contributed by atoms with Crippen LogP contribution in [-0.4, -0.2) is 31.3 Å². The first-order valence-electron chi connectivity index (χ1n) is 11.7. The first kappa shape index (κ1) is 26.3. The molecule has 0 spiro atoms. The van der Waals surface area contributed by atoms with E-state index >= 15 is 0 Å². The molecule has 9 heteroatoms. The molecule has 0 fully saturated rings. The van der Waals surface area contributed by atoms with Crippen LogP contribution in [0.2, 0.25) is 0 Å². The molecular weight excluding hydrogens is 502 g/mol. The Kier molecular flexibility index (Phi) is 8.26. The zero-order valence-electron chi connectivity index (χ0n) is 21.1. The van der Waals surface area contributed by atoms with Crippen molar-refractivity contribution in [3.63, 3.8) is 0 Å². The Balaban J connectivity index is 1.90. The van der Waals surface area contributed by atoms with E-state index in [-0.39, 0.29) is 15.8 Å². The minimum Gasteiger partial charge on any atom is -0.497 e. The number of hydrogen-bond donors (Lipinski definition) is 1. The fourth-order valence-corrected chi connectivity index (χ4v) is 4.85. The normalized spacial score (nSPS) is 11.9. The SMILES string of the molecule is CCOc1ccc(/C=c2/s/c(=C(\C#N)C(=O)Nc3cccc(OC)c3)n(-c3ccccc3)c2=O)cc1OC. The van der Waals surface area contributed by atoms with Gasteiger partial charge in [0.15, 0.2) is 17.1 Å². The maximum absolute atomic E-state index is 13.6. The van der Waals surface area contributed by atoms with Gasteiger partial charge >= 0.3 is 0 Å². The molecule has 1 aromatic heterocycles. The van der Waals surface area contributed by atoms with Crippen molar-refractivity contribution in [1.82, 2.24) is 4.57 Å². The summed E-state index contributed by atoms with van der Waals surface area (Å²) in [6, 6.07) is 23.0. The van der Waals surface area contributed by atoms with Crippen LogP contribution in [0.1, 0.15) is 12.5 Å². The molecule has 0 bridgehead atoms. The summed E-state index contributed by atoms with van der Waals surface area (Å²) in [5.74, 6) is 1.04. The van der Waals surface area contributed by atoms with Crippen molar-refractivity contribution >= 4 is 34.6 Å². The highest BCUT2D eigenvalue weighted by atomic mass is 32.1. The van der Waals surface area contributed by atoms with E-state index in [0.29, 0.717) is 45.3 Å². The zero-order chi connectivity index (χ0) is 27.1. The molecule has 1 amide bonds. The number of nitrogens with zero attached hydrogens (tertiary/aromatic N) is 2. The van der Waals surface area contributed by atoms with E-state index in [4.69, 9.17) is 14.2 Å². The van der Waals surface area contributed by atoms with E-state index in [1.54, 1.807) is 73.8 Å². The largest absolute Gasteiger partial charge is 0.497 e. The van der Waals surface area contributed by atoms with Crippen molar-refractivity contribution in [2.75, 3.05) is 26.1 Å². The molecule has 0 aliphatic rings. The molecule has 1 heterocycles. The van der Waals surface area contributed by atoms with E-state index in [9.17, 15) is 14.9 Å². The van der Waals surface area contributed by atoms with Gasteiger partial charge in [0.05, 0.1) is 31.0 Å². The average Bonchev–Trinajstić information content (AvgIpc) is 3.25. The number of amides is 1. The van der Waals surface area contributed by atoms with Crippen LogP contribution in [-0.2, 0) is 4.79 Å². The summed E-state index contributed by atoms with van der Waals surface area (Å²) >= 11 is 1.06. The Morgan fingerprint density at radius 3 is 2.50 bits per heavy atom. The Hall–Kier alpha value is -4.81. The average molecular weight is 528 g/mol. The summed E-state index contributed by atoms with van der Waals surface area (Å²) in [5, 5.41) is 12.7. The van der Waals surface area contributed by atoms with Gasteiger partial charge in [-0.1, -0.05) is 30.3 Å². The summed E-state index contributed by atoms with van der Waals surface area (Å²) in [7, 11) is 3.07. The topological polar surface area (TPSA) is 103 Å². The molecule has 38 heavy (non-hydrogen) atoms. The quantitative estimate of drug-likeness (QED) is 0.377. The summed E-state index contributed by atoms with van der Waals surface area (Å²) in [4.78, 5) is 26.8. The number of ether oxygens (including phenoxy) is 3. The predicted molar refractivity (Wildman–Crippen MR) is 148 cm³/mol. The smallest absolute Gasteiger partial charge is 0.273 e. The maximum Gasteiger partial charge on any atom is 0.273 e. The zero-order valence-corrected chi connectivity index (χ0v) is 21.9. The monoisotopic (exact) mass is 527 g/mol. The van der Waals surface area contributed by atoms with Crippen LogP contribution in [0.15, 0.2) is 77.6 Å². The molecule has 0 atom stereocenters. The highest BCUT2D eigenvalue weighted by Crippen LogP contribution is 2.28. The lowest BCUT2D eigenvalue weighted by molar-refractivity contribution is -0.111. The van der Waals surface area contributed by atoms with Crippen LogP contribution in [0.4, 0.5) is 5.69 Å². The van der Waals surface area contributed by atoms with Gasteiger partial charge in [0, 0.05) is 11.8 Å². The van der Waals surface area contributed by atoms with Crippen LogP contribution in [0.25, 0.3) is 17.3 Å². The number of nitrogens with one attached hydrogen (secondary N) is 1. The minimum absolute atomic E-state index is 0.192. The molecule has 192 valence electrons. The third-order valence-electron chi connectivity index (χ3n) is 5.50. The number of nitriles is 1. The van der Waals surface area contributed by atoms with E-state index in [2.05, 4.69) is 5.32 Å². The summed E-state index contributed by atoms with van der Waals surface area (Å²) in [5.41, 5.74) is 1.15. The van der Waals surface area contributed by atoms with Crippen molar-refractivity contribution in [2.24, 2.45) is 0 Å². The highest BCUT2D eigenvalue weighted by molar-refractivity contribution is 7.07. The van der Waals surface area contributed by atoms with Crippen LogP contribution in [0.3, 0.4) is 0 Å². The first-order chi connectivity index (χ1) is 18.5. The number of para-hydroxylation sites is 1. The van der Waals surface area contributed by atoms with Gasteiger partial charge < -0.3 is 19.5 Å². The Morgan fingerprint density at radius 2 is 1.82 bits per heavy atom. The number of anilines is 1. The molecule has 0 saturated heterocycles. The first-order valence-corrected chi connectivity index (χ1v) is 12.5. The molecule has 3 aromatic carbocycles. The van der Waals surface area contributed by atoms with Gasteiger partial charge in [-0.2, -0.15) is 5.26 Å². The lowest BCUT2D eigenvalue weighted by Gasteiger charge is -2.09. The second-order valence-electron chi connectivity index (χ2n) is 7.91. The number of hydrogen-bond acceptors (Lipinski definition) is 7. The van der Waals surface area contributed by atoms with Crippen LogP contribution < -0.4 is 34.3 Å². The maximum atomic E-state index is 13.6. The molecule has 1 N–H and O–H groups in total. The van der Waals surface area contributed by atoms with Crippen molar-refractivity contribution in [3.05, 3.63) is 97.9 Å². The number of aromatic nitrogens is 1. The molecular formula is C29H25N3O5S. The summed E-state index contributed by atoms with van der Waals surface area (Å²) in [6.45, 7) is 2.37. The number of benzene rings is 3. The number of methoxy groups -OCH3 is 2. The van der Waals surface area contributed by atoms with Crippen LogP contribution >= 0.6 is 11.3 Å². The molecule has 0 aliphatic carbocycles. The third-order valence-corrected chi connectivity index (χ3v) is 6.60. The Labute approximate surface area is 223 Å². The van der Waals surface area contributed by atoms with Crippen LogP contribution in [0, 0.1) is 11.3 Å². The minimum atomic E-state index is -0.638. The van der Waals surface area contributed by atoms with Gasteiger partial charge in [-0.25, -0.2) is 0 Å². The molecule has 4 aromatic rings. The van der Waals surface area contributed by atoms with E-state index < -0.39 is 5.91 Å². The molecule has 0 saturated carbocycles. The second kappa shape index (κ2) is 12.0. The van der Waals surface area contributed by atoms with Crippen molar-refractivity contribution in [2.45, 2.75) is 6.92 Å². The third kappa shape index (κ3) is 5.61. The van der Waals surface area contributed by atoms with Gasteiger partial charge in [-0.15, -0.1) is 11.3 Å². The molecule has 4 rings (SSSR count). The predicted octanol–water partition coefficient (Wildman–Crippen LogP) is 3.46. The van der Waals surface area contributed by atoms with E-state index in [1.807, 2.05) is 25.1 Å². The Morgan fingerprint density at radius 1 is 1.03 bits per heavy atom. The number of carbonyl (C=O) groups excluding carboxylic acids is 1. The van der Waals surface area contributed by atoms with E-state index in [1.165, 1.54) is 11.7 Å². The van der Waals surface area contributed by atoms with E-state index in [0.717, 1.165) is 11.3 Å². The molecule has 0 radical (unpaired) electrons. The van der Waals surface area contributed by atoms with Gasteiger partial charge in [0.2, 0.25) is 0 Å². The molecule has 0 unspecified atom stereocenters. The number of rotatable bonds is 8. The number of thiazole rings is 1. The lowest BCUT2D eigenvalue weighted by Crippen LogP contribution is -2.32. The fourth-order valence-electron chi connectivity index (χ4n) is 3.75. The van der Waals surface area contributed by atoms with Crippen molar-refractivity contribution < 1.29 is 19.0 Å². The van der Waals surface area contributed by atoms with Crippen molar-refractivity contribution in [1.29, 1.82) is 5.26 Å². The number of carbonyl (C=O) groups is 1. The van der Waals surface area contributed by atoms with Crippen LogP contribution in [0.5, 0.6) is 17.2 Å². The lowest BCUT2D eigenvalue weighted by atomic mass is 10.2. The molecule has 0 aliphatic heterocycles. The fraction of sp³-hybridized carbons (Fsp3) is 0.138. The van der Waals surface area contributed by atoms with Gasteiger partial charge in [0.25, 0.3) is 11.5 Å². The van der Waals surface area contributed by atoms with Gasteiger partial charge in [0.1, 0.15) is 16.5 Å². The highest BCUT2D eigenvalue weighted by Gasteiger charge is 2.17. The second-order valence-corrected chi connectivity index (χ2v) is 8.94. The Bertz CT molecular complexity index is 1680. The summed E-state index contributed by atoms with van der Waals surface area (Å²) in [6.07, 6.45) is 1.70. The summed E-state index contributed by atoms with van der Waals surface area (Å²) < 4.78 is 18.2. The van der Waals surface area contributed by atoms with Gasteiger partial charge in [-0.05, 0) is 55.0 Å². The standard InChI is InChI=1S/C29H25N3O5S/c1-4-37-24-14-13-19(15-25(24)36-3)16-26-28(34)32(21-10-6-5-7-11-21)29(38-26)23(18-30)27(33)31-20-9-8-12-22(17-20)35-2/h5-17H,4H2,1-3H3,(H,31,33)/b26-16+,29-23+. The molecule has 8 nitrogen and oxygen atoms in total.